The highest BCUT2D eigenvalue weighted by Gasteiger charge is 2.35. The fourth-order valence-electron chi connectivity index (χ4n) is 3.79. The number of aryl methyl sites for hydroxylation is 1. The van der Waals surface area contributed by atoms with E-state index in [1.54, 1.807) is 12.0 Å². The summed E-state index contributed by atoms with van der Waals surface area (Å²) in [6, 6.07) is 4.11. The Balaban J connectivity index is 1.47. The van der Waals surface area contributed by atoms with E-state index in [1.807, 2.05) is 24.0 Å². The summed E-state index contributed by atoms with van der Waals surface area (Å²) in [6.45, 7) is 10.3. The zero-order chi connectivity index (χ0) is 21.0. The second-order valence-electron chi connectivity index (χ2n) is 7.37. The van der Waals surface area contributed by atoms with Gasteiger partial charge in [-0.05, 0) is 30.2 Å². The number of piperazine rings is 1. The van der Waals surface area contributed by atoms with Crippen LogP contribution in [0.2, 0.25) is 5.02 Å². The van der Waals surface area contributed by atoms with E-state index < -0.39 is 0 Å². The van der Waals surface area contributed by atoms with Gasteiger partial charge in [-0.25, -0.2) is 0 Å². The number of benzene rings is 1. The van der Waals surface area contributed by atoms with Crippen LogP contribution in [-0.2, 0) is 16.0 Å². The van der Waals surface area contributed by atoms with Crippen LogP contribution >= 0.6 is 11.6 Å². The molecule has 0 atom stereocenters. The van der Waals surface area contributed by atoms with E-state index in [1.165, 1.54) is 6.08 Å². The molecule has 7 nitrogen and oxygen atoms in total. The first-order valence-electron chi connectivity index (χ1n) is 10.00. The summed E-state index contributed by atoms with van der Waals surface area (Å²) in [4.78, 5) is 30.2. The van der Waals surface area contributed by atoms with E-state index in [9.17, 15) is 9.59 Å². The second kappa shape index (κ2) is 9.50. The fourth-order valence-corrected chi connectivity index (χ4v) is 4.09. The third-order valence-corrected chi connectivity index (χ3v) is 6.06. The lowest BCUT2D eigenvalue weighted by Gasteiger charge is -2.47. The molecule has 0 unspecified atom stereocenters. The average molecular weight is 421 g/mol. The van der Waals surface area contributed by atoms with Gasteiger partial charge in [0.2, 0.25) is 11.8 Å². The molecule has 2 aliphatic rings. The summed E-state index contributed by atoms with van der Waals surface area (Å²) in [5.41, 5.74) is 1.74. The van der Waals surface area contributed by atoms with Crippen molar-refractivity contribution in [3.63, 3.8) is 0 Å². The molecule has 1 aromatic rings. The summed E-state index contributed by atoms with van der Waals surface area (Å²) >= 11 is 6.30. The Morgan fingerprint density at radius 1 is 1.24 bits per heavy atom. The Kier molecular flexibility index (Phi) is 7.03. The quantitative estimate of drug-likeness (QED) is 0.682. The summed E-state index contributed by atoms with van der Waals surface area (Å²) in [5, 5.41) is 3.83. The number of carbonyl (C=O) groups excluding carboxylic acids is 2. The molecule has 0 bridgehead atoms. The number of rotatable bonds is 7. The fraction of sp³-hybridized carbons (Fsp3) is 0.524. The van der Waals surface area contributed by atoms with Crippen molar-refractivity contribution in [2.75, 3.05) is 58.2 Å². The van der Waals surface area contributed by atoms with Crippen molar-refractivity contribution in [3.8, 4) is 5.75 Å². The molecular weight excluding hydrogens is 392 g/mol. The summed E-state index contributed by atoms with van der Waals surface area (Å²) in [5.74, 6) is 0.732. The lowest BCUT2D eigenvalue weighted by molar-refractivity contribution is -0.135. The van der Waals surface area contributed by atoms with E-state index in [4.69, 9.17) is 16.3 Å². The van der Waals surface area contributed by atoms with Gasteiger partial charge in [-0.2, -0.15) is 0 Å². The Hall–Kier alpha value is -2.25. The van der Waals surface area contributed by atoms with E-state index >= 15 is 0 Å². The maximum absolute atomic E-state index is 12.6. The minimum atomic E-state index is -0.0105. The summed E-state index contributed by atoms with van der Waals surface area (Å²) < 4.78 is 5.43. The van der Waals surface area contributed by atoms with Crippen LogP contribution in [0, 0.1) is 0 Å². The zero-order valence-corrected chi connectivity index (χ0v) is 17.9. The largest absolute Gasteiger partial charge is 0.495 e. The number of hydrogen-bond acceptors (Lipinski definition) is 5. The van der Waals surface area contributed by atoms with E-state index in [0.717, 1.165) is 43.9 Å². The Labute approximate surface area is 177 Å². The van der Waals surface area contributed by atoms with Crippen LogP contribution in [0.25, 0.3) is 0 Å². The van der Waals surface area contributed by atoms with Gasteiger partial charge < -0.3 is 19.9 Å². The summed E-state index contributed by atoms with van der Waals surface area (Å²) in [6.07, 6.45) is 2.18. The zero-order valence-electron chi connectivity index (χ0n) is 17.1. The van der Waals surface area contributed by atoms with Gasteiger partial charge in [-0.3, -0.25) is 14.5 Å². The van der Waals surface area contributed by atoms with Crippen molar-refractivity contribution < 1.29 is 14.3 Å². The predicted octanol–water partition coefficient (Wildman–Crippen LogP) is 1.86. The van der Waals surface area contributed by atoms with Crippen LogP contribution < -0.4 is 10.1 Å². The van der Waals surface area contributed by atoms with Gasteiger partial charge in [0.25, 0.3) is 0 Å². The number of halogens is 1. The van der Waals surface area contributed by atoms with E-state index in [0.29, 0.717) is 29.9 Å². The first-order chi connectivity index (χ1) is 14.0. The maximum Gasteiger partial charge on any atom is 0.246 e. The molecule has 0 saturated carbocycles. The number of nitrogens with zero attached hydrogens (tertiary/aromatic N) is 3. The summed E-state index contributed by atoms with van der Waals surface area (Å²) in [7, 11) is 1.61. The van der Waals surface area contributed by atoms with Gasteiger partial charge >= 0.3 is 0 Å². The highest BCUT2D eigenvalue weighted by atomic mass is 35.5. The van der Waals surface area contributed by atoms with Crippen molar-refractivity contribution in [2.24, 2.45) is 0 Å². The van der Waals surface area contributed by atoms with Gasteiger partial charge in [0.1, 0.15) is 5.75 Å². The predicted molar refractivity (Wildman–Crippen MR) is 115 cm³/mol. The second-order valence-corrected chi connectivity index (χ2v) is 7.78. The SMILES string of the molecule is C=CC(=O)N1CC(N2CCN(C(=O)CNc3cc(Cl)c(CC)cc3OC)CC2)C1. The molecule has 0 aromatic heterocycles. The molecule has 2 amide bonds. The molecule has 2 fully saturated rings. The molecule has 2 aliphatic heterocycles. The van der Waals surface area contributed by atoms with Crippen LogP contribution in [-0.4, -0.2) is 85.5 Å². The molecule has 2 heterocycles. The molecule has 0 spiro atoms. The van der Waals surface area contributed by atoms with Crippen LogP contribution in [0.5, 0.6) is 5.75 Å². The van der Waals surface area contributed by atoms with E-state index in [-0.39, 0.29) is 18.4 Å². The van der Waals surface area contributed by atoms with Gasteiger partial charge in [0.05, 0.1) is 19.3 Å². The first-order valence-corrected chi connectivity index (χ1v) is 10.4. The minimum Gasteiger partial charge on any atom is -0.495 e. The number of anilines is 1. The van der Waals surface area contributed by atoms with Crippen molar-refractivity contribution in [3.05, 3.63) is 35.4 Å². The standard InChI is InChI=1S/C21H29ClN4O3/c1-4-15-10-19(29-3)18(11-17(15)22)23-12-21(28)25-8-6-24(7-9-25)16-13-26(14-16)20(27)5-2/h5,10-11,16,23H,2,4,6-9,12-14H2,1,3H3. The molecule has 1 N–H and O–H groups in total. The molecule has 1 aromatic carbocycles. The number of methoxy groups -OCH3 is 1. The Morgan fingerprint density at radius 3 is 2.52 bits per heavy atom. The van der Waals surface area contributed by atoms with Gasteiger partial charge in [0, 0.05) is 50.3 Å². The lowest BCUT2D eigenvalue weighted by atomic mass is 10.1. The number of likely N-dealkylation sites (tertiary alicyclic amines) is 1. The minimum absolute atomic E-state index is 0.0105. The van der Waals surface area contributed by atoms with E-state index in [2.05, 4.69) is 16.8 Å². The van der Waals surface area contributed by atoms with Crippen LogP contribution in [0.1, 0.15) is 12.5 Å². The monoisotopic (exact) mass is 420 g/mol. The van der Waals surface area contributed by atoms with Gasteiger partial charge in [-0.15, -0.1) is 0 Å². The highest BCUT2D eigenvalue weighted by Crippen LogP contribution is 2.31. The molecular formula is C21H29ClN4O3. The molecule has 2 saturated heterocycles. The first kappa shape index (κ1) is 21.5. The van der Waals surface area contributed by atoms with Crippen LogP contribution in [0.3, 0.4) is 0 Å². The third-order valence-electron chi connectivity index (χ3n) is 5.71. The molecule has 8 heteroatoms. The van der Waals surface area contributed by atoms with Crippen molar-refractivity contribution in [2.45, 2.75) is 19.4 Å². The van der Waals surface area contributed by atoms with Crippen molar-refractivity contribution in [1.29, 1.82) is 0 Å². The lowest BCUT2D eigenvalue weighted by Crippen LogP contribution is -2.64. The number of nitrogens with one attached hydrogen (secondary N) is 1. The van der Waals surface area contributed by atoms with Crippen molar-refractivity contribution >= 4 is 29.1 Å². The van der Waals surface area contributed by atoms with Crippen LogP contribution in [0.4, 0.5) is 5.69 Å². The number of hydrogen-bond donors (Lipinski definition) is 1. The third kappa shape index (κ3) is 4.85. The topological polar surface area (TPSA) is 65.1 Å². The molecule has 0 radical (unpaired) electrons. The molecule has 0 aliphatic carbocycles. The molecule has 29 heavy (non-hydrogen) atoms. The molecule has 3 rings (SSSR count). The Morgan fingerprint density at radius 2 is 1.93 bits per heavy atom. The van der Waals surface area contributed by atoms with Gasteiger partial charge in [0.15, 0.2) is 0 Å². The average Bonchev–Trinajstić information content (AvgIpc) is 2.71. The highest BCUT2D eigenvalue weighted by molar-refractivity contribution is 6.31. The maximum atomic E-state index is 12.6. The smallest absolute Gasteiger partial charge is 0.246 e. The number of amides is 2. The Bertz CT molecular complexity index is 771. The van der Waals surface area contributed by atoms with Crippen molar-refractivity contribution in [1.82, 2.24) is 14.7 Å². The van der Waals surface area contributed by atoms with Gasteiger partial charge in [-0.1, -0.05) is 25.1 Å². The number of ether oxygens (including phenoxy) is 1. The molecule has 158 valence electrons. The van der Waals surface area contributed by atoms with Crippen LogP contribution in [0.15, 0.2) is 24.8 Å². The number of carbonyl (C=O) groups is 2. The normalized spacial score (nSPS) is 17.6.